The molecule has 13 heavy (non-hydrogen) atoms. The molecule has 0 aromatic heterocycles. The van der Waals surface area contributed by atoms with Crippen molar-refractivity contribution < 1.29 is 9.90 Å². The van der Waals surface area contributed by atoms with Gasteiger partial charge in [-0.2, -0.15) is 0 Å². The molecule has 0 saturated heterocycles. The molecule has 0 N–H and O–H groups in total. The number of carboxylic acids is 1. The highest BCUT2D eigenvalue weighted by molar-refractivity contribution is 5.67. The lowest BCUT2D eigenvalue weighted by Gasteiger charge is -2.39. The van der Waals surface area contributed by atoms with Gasteiger partial charge < -0.3 is 9.90 Å². The van der Waals surface area contributed by atoms with E-state index in [-0.39, 0.29) is 5.92 Å². The van der Waals surface area contributed by atoms with Crippen molar-refractivity contribution in [2.75, 3.05) is 0 Å². The lowest BCUT2D eigenvalue weighted by atomic mass is 9.67. The first kappa shape index (κ1) is 9.04. The summed E-state index contributed by atoms with van der Waals surface area (Å²) >= 11 is 0. The Morgan fingerprint density at radius 2 is 1.69 bits per heavy atom. The Balaban J connectivity index is 1.95. The van der Waals surface area contributed by atoms with Crippen LogP contribution in [0.3, 0.4) is 0 Å². The van der Waals surface area contributed by atoms with E-state index in [2.05, 4.69) is 0 Å². The highest BCUT2D eigenvalue weighted by Crippen LogP contribution is 2.42. The lowest BCUT2D eigenvalue weighted by molar-refractivity contribution is -0.313. The van der Waals surface area contributed by atoms with E-state index >= 15 is 0 Å². The highest BCUT2D eigenvalue weighted by atomic mass is 16.4. The van der Waals surface area contributed by atoms with Crippen LogP contribution in [0.15, 0.2) is 0 Å². The van der Waals surface area contributed by atoms with Gasteiger partial charge in [-0.25, -0.2) is 0 Å². The molecule has 0 spiro atoms. The van der Waals surface area contributed by atoms with Crippen LogP contribution in [0.5, 0.6) is 0 Å². The normalized spacial score (nSPS) is 39.5. The number of carbonyl (C=O) groups is 1. The van der Waals surface area contributed by atoms with Crippen LogP contribution < -0.4 is 5.11 Å². The second-order valence-corrected chi connectivity index (χ2v) is 4.63. The Bertz CT molecular complexity index is 200. The molecular formula is C11H17O2-. The van der Waals surface area contributed by atoms with Gasteiger partial charge >= 0.3 is 0 Å². The molecule has 3 atom stereocenters. The van der Waals surface area contributed by atoms with Gasteiger partial charge in [0.2, 0.25) is 0 Å². The highest BCUT2D eigenvalue weighted by Gasteiger charge is 2.32. The fraction of sp³-hybridized carbons (Fsp3) is 0.909. The lowest BCUT2D eigenvalue weighted by Crippen LogP contribution is -2.38. The van der Waals surface area contributed by atoms with Crippen LogP contribution in [0.1, 0.15) is 44.9 Å². The van der Waals surface area contributed by atoms with Crippen LogP contribution >= 0.6 is 0 Å². The molecule has 74 valence electrons. The molecule has 0 radical (unpaired) electrons. The van der Waals surface area contributed by atoms with E-state index in [0.29, 0.717) is 5.92 Å². The number of aliphatic carboxylic acids is 1. The van der Waals surface area contributed by atoms with E-state index in [1.807, 2.05) is 0 Å². The first-order valence-corrected chi connectivity index (χ1v) is 5.48. The summed E-state index contributed by atoms with van der Waals surface area (Å²) in [6.07, 6.45) is 8.15. The molecule has 3 unspecified atom stereocenters. The number of hydrogen-bond donors (Lipinski definition) is 0. The SMILES string of the molecule is O=C([O-])C1CCC2CCCCC2C1. The predicted octanol–water partition coefficient (Wildman–Crippen LogP) is 1.34. The monoisotopic (exact) mass is 181 g/mol. The van der Waals surface area contributed by atoms with Crippen molar-refractivity contribution in [3.8, 4) is 0 Å². The number of carbonyl (C=O) groups excluding carboxylic acids is 1. The maximum Gasteiger partial charge on any atom is 0.0445 e. The fourth-order valence-electron chi connectivity index (χ4n) is 3.09. The standard InChI is InChI=1S/C11H18O2/c12-11(13)10-6-5-8-3-1-2-4-9(8)7-10/h8-10H,1-7H2,(H,12,13)/p-1. The van der Waals surface area contributed by atoms with E-state index in [4.69, 9.17) is 0 Å². The van der Waals surface area contributed by atoms with Crippen molar-refractivity contribution in [3.05, 3.63) is 0 Å². The van der Waals surface area contributed by atoms with Crippen molar-refractivity contribution in [1.29, 1.82) is 0 Å². The first-order chi connectivity index (χ1) is 6.27. The van der Waals surface area contributed by atoms with Gasteiger partial charge in [-0.3, -0.25) is 0 Å². The van der Waals surface area contributed by atoms with Gasteiger partial charge in [0.15, 0.2) is 0 Å². The number of hydrogen-bond acceptors (Lipinski definition) is 2. The number of rotatable bonds is 1. The average Bonchev–Trinajstić information content (AvgIpc) is 2.17. The Hall–Kier alpha value is -0.530. The van der Waals surface area contributed by atoms with E-state index in [9.17, 15) is 9.90 Å². The summed E-state index contributed by atoms with van der Waals surface area (Å²) in [7, 11) is 0. The maximum atomic E-state index is 10.7. The number of fused-ring (bicyclic) bond motifs is 1. The van der Waals surface area contributed by atoms with Gasteiger partial charge in [0.1, 0.15) is 0 Å². The summed E-state index contributed by atoms with van der Waals surface area (Å²) in [4.78, 5) is 10.7. The average molecular weight is 181 g/mol. The number of carboxylic acid groups (broad SMARTS) is 1. The predicted molar refractivity (Wildman–Crippen MR) is 47.8 cm³/mol. The van der Waals surface area contributed by atoms with Crippen LogP contribution in [0.25, 0.3) is 0 Å². The summed E-state index contributed by atoms with van der Waals surface area (Å²) in [6.45, 7) is 0. The van der Waals surface area contributed by atoms with E-state index in [1.165, 1.54) is 25.7 Å². The van der Waals surface area contributed by atoms with Crippen molar-refractivity contribution in [3.63, 3.8) is 0 Å². The molecule has 2 aliphatic rings. The zero-order valence-corrected chi connectivity index (χ0v) is 8.00. The van der Waals surface area contributed by atoms with Gasteiger partial charge in [-0.05, 0) is 37.0 Å². The third kappa shape index (κ3) is 1.87. The van der Waals surface area contributed by atoms with Crippen molar-refractivity contribution >= 4 is 5.97 Å². The minimum atomic E-state index is -0.816. The minimum absolute atomic E-state index is 0.139. The molecule has 0 aromatic rings. The molecule has 2 nitrogen and oxygen atoms in total. The van der Waals surface area contributed by atoms with E-state index in [1.54, 1.807) is 0 Å². The Kier molecular flexibility index (Phi) is 2.56. The fourth-order valence-corrected chi connectivity index (χ4v) is 3.09. The molecule has 2 saturated carbocycles. The zero-order chi connectivity index (χ0) is 9.26. The van der Waals surface area contributed by atoms with Crippen molar-refractivity contribution in [2.45, 2.75) is 44.9 Å². The second-order valence-electron chi connectivity index (χ2n) is 4.63. The third-order valence-electron chi connectivity index (χ3n) is 3.87. The van der Waals surface area contributed by atoms with Gasteiger partial charge in [0.05, 0.1) is 0 Å². The summed E-state index contributed by atoms with van der Waals surface area (Å²) in [5.74, 6) is 0.582. The summed E-state index contributed by atoms with van der Waals surface area (Å²) < 4.78 is 0. The molecule has 2 heteroatoms. The maximum absolute atomic E-state index is 10.7. The van der Waals surface area contributed by atoms with Crippen molar-refractivity contribution in [2.24, 2.45) is 17.8 Å². The third-order valence-corrected chi connectivity index (χ3v) is 3.87. The zero-order valence-electron chi connectivity index (χ0n) is 8.00. The van der Waals surface area contributed by atoms with Gasteiger partial charge in [0.25, 0.3) is 0 Å². The molecule has 0 aromatic carbocycles. The minimum Gasteiger partial charge on any atom is -0.550 e. The van der Waals surface area contributed by atoms with Crippen LogP contribution in [0, 0.1) is 17.8 Å². The summed E-state index contributed by atoms with van der Waals surface area (Å²) in [5.41, 5.74) is 0. The van der Waals surface area contributed by atoms with Gasteiger partial charge in [-0.1, -0.05) is 25.7 Å². The topological polar surface area (TPSA) is 40.1 Å². The molecule has 0 amide bonds. The molecule has 2 rings (SSSR count). The summed E-state index contributed by atoms with van der Waals surface area (Å²) in [5, 5.41) is 10.7. The van der Waals surface area contributed by atoms with Gasteiger partial charge in [-0.15, -0.1) is 0 Å². The van der Waals surface area contributed by atoms with Crippen molar-refractivity contribution in [1.82, 2.24) is 0 Å². The Morgan fingerprint density at radius 3 is 2.38 bits per heavy atom. The first-order valence-electron chi connectivity index (χ1n) is 5.48. The van der Waals surface area contributed by atoms with Gasteiger partial charge in [0, 0.05) is 5.97 Å². The molecular weight excluding hydrogens is 164 g/mol. The van der Waals surface area contributed by atoms with Crippen LogP contribution in [-0.4, -0.2) is 5.97 Å². The molecule has 0 aliphatic heterocycles. The summed E-state index contributed by atoms with van der Waals surface area (Å²) in [6, 6.07) is 0. The largest absolute Gasteiger partial charge is 0.550 e. The quantitative estimate of drug-likeness (QED) is 0.612. The second kappa shape index (κ2) is 3.69. The van der Waals surface area contributed by atoms with Crippen LogP contribution in [0.2, 0.25) is 0 Å². The van der Waals surface area contributed by atoms with E-state index in [0.717, 1.165) is 25.2 Å². The van der Waals surface area contributed by atoms with E-state index < -0.39 is 5.97 Å². The Morgan fingerprint density at radius 1 is 1.00 bits per heavy atom. The Labute approximate surface area is 79.3 Å². The smallest absolute Gasteiger partial charge is 0.0445 e. The molecule has 0 heterocycles. The molecule has 0 bridgehead atoms. The molecule has 2 aliphatic carbocycles. The molecule has 2 fully saturated rings. The van der Waals surface area contributed by atoms with Crippen LogP contribution in [-0.2, 0) is 4.79 Å². The van der Waals surface area contributed by atoms with Crippen LogP contribution in [0.4, 0.5) is 0 Å².